The fourth-order valence-electron chi connectivity index (χ4n) is 2.17. The quantitative estimate of drug-likeness (QED) is 0.806. The molecule has 4 nitrogen and oxygen atoms in total. The van der Waals surface area contributed by atoms with Crippen molar-refractivity contribution in [3.05, 3.63) is 29.8 Å². The van der Waals surface area contributed by atoms with Gasteiger partial charge in [-0.05, 0) is 30.7 Å². The Morgan fingerprint density at radius 3 is 2.69 bits per heavy atom. The standard InChI is InChI=1S/C12H15NO3/c1-16-9-4-2-8(3-5-9)10-6-7-13-11(10)12(14)15/h2-5,10-11,13H,6-7H2,1H3,(H,14,15)/t10-,11+/m0/s1. The topological polar surface area (TPSA) is 58.6 Å². The van der Waals surface area contributed by atoms with E-state index < -0.39 is 12.0 Å². The van der Waals surface area contributed by atoms with E-state index >= 15 is 0 Å². The van der Waals surface area contributed by atoms with Gasteiger partial charge in [-0.3, -0.25) is 4.79 Å². The molecule has 1 aromatic carbocycles. The summed E-state index contributed by atoms with van der Waals surface area (Å²) in [4.78, 5) is 11.0. The zero-order valence-corrected chi connectivity index (χ0v) is 9.14. The molecule has 4 heteroatoms. The fraction of sp³-hybridized carbons (Fsp3) is 0.417. The largest absolute Gasteiger partial charge is 0.497 e. The lowest BCUT2D eigenvalue weighted by atomic mass is 9.92. The van der Waals surface area contributed by atoms with Crippen LogP contribution in [0.15, 0.2) is 24.3 Å². The number of carboxylic acids is 1. The van der Waals surface area contributed by atoms with Gasteiger partial charge in [-0.1, -0.05) is 12.1 Å². The first-order valence-corrected chi connectivity index (χ1v) is 5.32. The molecular weight excluding hydrogens is 206 g/mol. The van der Waals surface area contributed by atoms with E-state index in [1.807, 2.05) is 24.3 Å². The molecule has 1 saturated heterocycles. The third-order valence-corrected chi connectivity index (χ3v) is 3.03. The third kappa shape index (κ3) is 2.02. The first-order chi connectivity index (χ1) is 7.72. The lowest BCUT2D eigenvalue weighted by Gasteiger charge is -2.16. The van der Waals surface area contributed by atoms with Crippen molar-refractivity contribution < 1.29 is 14.6 Å². The Labute approximate surface area is 94.2 Å². The van der Waals surface area contributed by atoms with E-state index in [1.54, 1.807) is 7.11 Å². The Morgan fingerprint density at radius 2 is 2.12 bits per heavy atom. The second kappa shape index (κ2) is 4.53. The number of aliphatic carboxylic acids is 1. The maximum Gasteiger partial charge on any atom is 0.321 e. The molecular formula is C12H15NO3. The van der Waals surface area contributed by atoms with Crippen molar-refractivity contribution in [2.24, 2.45) is 0 Å². The highest BCUT2D eigenvalue weighted by Crippen LogP contribution is 2.29. The third-order valence-electron chi connectivity index (χ3n) is 3.03. The lowest BCUT2D eigenvalue weighted by Crippen LogP contribution is -2.34. The maximum absolute atomic E-state index is 11.0. The summed E-state index contributed by atoms with van der Waals surface area (Å²) in [6, 6.07) is 7.14. The van der Waals surface area contributed by atoms with Gasteiger partial charge in [-0.25, -0.2) is 0 Å². The predicted octanol–water partition coefficient (Wildman–Crippen LogP) is 1.23. The molecule has 1 fully saturated rings. The van der Waals surface area contributed by atoms with Crippen molar-refractivity contribution in [2.45, 2.75) is 18.4 Å². The van der Waals surface area contributed by atoms with E-state index in [2.05, 4.69) is 5.32 Å². The highest BCUT2D eigenvalue weighted by atomic mass is 16.5. The second-order valence-electron chi connectivity index (χ2n) is 3.94. The summed E-state index contributed by atoms with van der Waals surface area (Å²) in [5, 5.41) is 12.1. The van der Waals surface area contributed by atoms with Crippen LogP contribution in [0.5, 0.6) is 5.75 Å². The van der Waals surface area contributed by atoms with Crippen molar-refractivity contribution >= 4 is 5.97 Å². The van der Waals surface area contributed by atoms with E-state index in [4.69, 9.17) is 9.84 Å². The maximum atomic E-state index is 11.0. The van der Waals surface area contributed by atoms with Crippen LogP contribution in [0.2, 0.25) is 0 Å². The highest BCUT2D eigenvalue weighted by Gasteiger charge is 2.33. The molecule has 86 valence electrons. The Hall–Kier alpha value is -1.55. The average molecular weight is 221 g/mol. The second-order valence-corrected chi connectivity index (χ2v) is 3.94. The van der Waals surface area contributed by atoms with Crippen LogP contribution in [0, 0.1) is 0 Å². The van der Waals surface area contributed by atoms with Crippen molar-refractivity contribution in [3.63, 3.8) is 0 Å². The van der Waals surface area contributed by atoms with Gasteiger partial charge in [0.15, 0.2) is 0 Å². The summed E-state index contributed by atoms with van der Waals surface area (Å²) < 4.78 is 5.07. The van der Waals surface area contributed by atoms with Crippen molar-refractivity contribution in [1.82, 2.24) is 5.32 Å². The van der Waals surface area contributed by atoms with E-state index in [0.29, 0.717) is 0 Å². The Kier molecular flexibility index (Phi) is 3.10. The van der Waals surface area contributed by atoms with Gasteiger partial charge >= 0.3 is 5.97 Å². The summed E-state index contributed by atoms with van der Waals surface area (Å²) >= 11 is 0. The fourth-order valence-corrected chi connectivity index (χ4v) is 2.17. The van der Waals surface area contributed by atoms with Crippen LogP contribution in [-0.4, -0.2) is 30.8 Å². The molecule has 1 heterocycles. The van der Waals surface area contributed by atoms with Crippen molar-refractivity contribution in [3.8, 4) is 5.75 Å². The van der Waals surface area contributed by atoms with Gasteiger partial charge in [0.05, 0.1) is 7.11 Å². The Balaban J connectivity index is 2.19. The molecule has 0 saturated carbocycles. The molecule has 0 bridgehead atoms. The Morgan fingerprint density at radius 1 is 1.44 bits per heavy atom. The number of hydrogen-bond donors (Lipinski definition) is 2. The van der Waals surface area contributed by atoms with E-state index in [9.17, 15) is 4.79 Å². The van der Waals surface area contributed by atoms with Gasteiger partial charge in [-0.15, -0.1) is 0 Å². The van der Waals surface area contributed by atoms with Crippen LogP contribution in [0.25, 0.3) is 0 Å². The predicted molar refractivity (Wildman–Crippen MR) is 59.8 cm³/mol. The molecule has 0 radical (unpaired) electrons. The van der Waals surface area contributed by atoms with Gasteiger partial charge in [0.25, 0.3) is 0 Å². The van der Waals surface area contributed by atoms with Crippen LogP contribution < -0.4 is 10.1 Å². The number of carbonyl (C=O) groups is 1. The van der Waals surface area contributed by atoms with Gasteiger partial charge in [-0.2, -0.15) is 0 Å². The minimum atomic E-state index is -0.779. The molecule has 16 heavy (non-hydrogen) atoms. The number of benzene rings is 1. The molecule has 0 spiro atoms. The molecule has 0 unspecified atom stereocenters. The molecule has 2 atom stereocenters. The van der Waals surface area contributed by atoms with E-state index in [0.717, 1.165) is 24.3 Å². The van der Waals surface area contributed by atoms with Crippen LogP contribution >= 0.6 is 0 Å². The van der Waals surface area contributed by atoms with Crippen molar-refractivity contribution in [1.29, 1.82) is 0 Å². The zero-order chi connectivity index (χ0) is 11.5. The molecule has 0 aromatic heterocycles. The minimum absolute atomic E-state index is 0.0587. The van der Waals surface area contributed by atoms with Crippen LogP contribution in [-0.2, 0) is 4.79 Å². The first kappa shape index (κ1) is 11.0. The van der Waals surface area contributed by atoms with Gasteiger partial charge in [0.1, 0.15) is 11.8 Å². The van der Waals surface area contributed by atoms with Gasteiger partial charge in [0.2, 0.25) is 0 Å². The normalized spacial score (nSPS) is 24.3. The molecule has 2 rings (SSSR count). The highest BCUT2D eigenvalue weighted by molar-refractivity contribution is 5.75. The summed E-state index contributed by atoms with van der Waals surface area (Å²) in [5.41, 5.74) is 1.05. The zero-order valence-electron chi connectivity index (χ0n) is 9.14. The van der Waals surface area contributed by atoms with E-state index in [1.165, 1.54) is 0 Å². The number of rotatable bonds is 3. The smallest absolute Gasteiger partial charge is 0.321 e. The molecule has 0 aliphatic carbocycles. The van der Waals surface area contributed by atoms with Crippen LogP contribution in [0.3, 0.4) is 0 Å². The SMILES string of the molecule is COc1ccc([C@@H]2CCN[C@H]2C(=O)O)cc1. The number of ether oxygens (including phenoxy) is 1. The Bertz CT molecular complexity index is 374. The number of nitrogens with one attached hydrogen (secondary N) is 1. The summed E-state index contributed by atoms with van der Waals surface area (Å²) in [7, 11) is 1.62. The number of carboxylic acid groups (broad SMARTS) is 1. The summed E-state index contributed by atoms with van der Waals surface area (Å²) in [5.74, 6) is 0.0725. The van der Waals surface area contributed by atoms with Crippen LogP contribution in [0.1, 0.15) is 17.9 Å². The molecule has 0 amide bonds. The minimum Gasteiger partial charge on any atom is -0.497 e. The molecule has 1 aliphatic heterocycles. The number of hydrogen-bond acceptors (Lipinski definition) is 3. The first-order valence-electron chi connectivity index (χ1n) is 5.32. The molecule has 2 N–H and O–H groups in total. The van der Waals surface area contributed by atoms with Gasteiger partial charge < -0.3 is 15.2 Å². The molecule has 1 aliphatic rings. The number of methoxy groups -OCH3 is 1. The van der Waals surface area contributed by atoms with Gasteiger partial charge in [0, 0.05) is 5.92 Å². The van der Waals surface area contributed by atoms with Crippen LogP contribution in [0.4, 0.5) is 0 Å². The van der Waals surface area contributed by atoms with Crippen molar-refractivity contribution in [2.75, 3.05) is 13.7 Å². The van der Waals surface area contributed by atoms with E-state index in [-0.39, 0.29) is 5.92 Å². The monoisotopic (exact) mass is 221 g/mol. The lowest BCUT2D eigenvalue weighted by molar-refractivity contribution is -0.139. The summed E-state index contributed by atoms with van der Waals surface area (Å²) in [6.45, 7) is 0.758. The molecule has 1 aromatic rings. The summed E-state index contributed by atoms with van der Waals surface area (Å²) in [6.07, 6.45) is 0.864. The average Bonchev–Trinajstić information content (AvgIpc) is 2.78.